The van der Waals surface area contributed by atoms with Crippen LogP contribution in [0.4, 0.5) is 4.39 Å². The Morgan fingerprint density at radius 2 is 2.10 bits per heavy atom. The van der Waals surface area contributed by atoms with Crippen molar-refractivity contribution in [3.8, 4) is 5.75 Å². The lowest BCUT2D eigenvalue weighted by atomic mass is 10.0. The summed E-state index contributed by atoms with van der Waals surface area (Å²) in [6.07, 6.45) is 5.64. The highest BCUT2D eigenvalue weighted by atomic mass is 19.1. The lowest BCUT2D eigenvalue weighted by Crippen LogP contribution is -2.23. The standard InChI is InChI=1S/C16H20FN3O/c1-3-7-21-14-8-12(9-18-11-14)16(19-4-2)15-6-5-13(17)10-20-15/h5-6,8-11,16,19H,3-4,7H2,1-2H3. The van der Waals surface area contributed by atoms with E-state index in [4.69, 9.17) is 4.74 Å². The number of halogens is 1. The number of pyridine rings is 2. The van der Waals surface area contributed by atoms with Crippen molar-refractivity contribution in [2.75, 3.05) is 13.2 Å². The predicted molar refractivity (Wildman–Crippen MR) is 79.7 cm³/mol. The lowest BCUT2D eigenvalue weighted by molar-refractivity contribution is 0.315. The maximum atomic E-state index is 13.0. The zero-order valence-electron chi connectivity index (χ0n) is 12.3. The van der Waals surface area contributed by atoms with Gasteiger partial charge in [0.15, 0.2) is 0 Å². The number of nitrogens with zero attached hydrogens (tertiary/aromatic N) is 2. The first kappa shape index (κ1) is 15.4. The largest absolute Gasteiger partial charge is 0.492 e. The summed E-state index contributed by atoms with van der Waals surface area (Å²) in [5.74, 6) is 0.395. The summed E-state index contributed by atoms with van der Waals surface area (Å²) in [5, 5.41) is 3.34. The molecular formula is C16H20FN3O. The number of aromatic nitrogens is 2. The van der Waals surface area contributed by atoms with E-state index in [0.717, 1.165) is 30.0 Å². The van der Waals surface area contributed by atoms with E-state index in [1.807, 2.05) is 13.0 Å². The average Bonchev–Trinajstić information content (AvgIpc) is 2.52. The minimum absolute atomic E-state index is 0.131. The fraction of sp³-hybridized carbons (Fsp3) is 0.375. The molecule has 1 N–H and O–H groups in total. The SMILES string of the molecule is CCCOc1cncc(C(NCC)c2ccc(F)cn2)c1. The van der Waals surface area contributed by atoms with Crippen molar-refractivity contribution in [3.63, 3.8) is 0 Å². The highest BCUT2D eigenvalue weighted by Crippen LogP contribution is 2.23. The van der Waals surface area contributed by atoms with Gasteiger partial charge in [-0.1, -0.05) is 13.8 Å². The van der Waals surface area contributed by atoms with Gasteiger partial charge in [0.2, 0.25) is 0 Å². The van der Waals surface area contributed by atoms with Gasteiger partial charge in [0, 0.05) is 6.20 Å². The summed E-state index contributed by atoms with van der Waals surface area (Å²) in [6.45, 7) is 5.50. The van der Waals surface area contributed by atoms with E-state index in [-0.39, 0.29) is 11.9 Å². The Kier molecular flexibility index (Phi) is 5.63. The summed E-state index contributed by atoms with van der Waals surface area (Å²) in [7, 11) is 0. The van der Waals surface area contributed by atoms with Crippen molar-refractivity contribution >= 4 is 0 Å². The predicted octanol–water partition coefficient (Wildman–Crippen LogP) is 3.10. The van der Waals surface area contributed by atoms with Crippen molar-refractivity contribution < 1.29 is 9.13 Å². The Balaban J connectivity index is 2.27. The van der Waals surface area contributed by atoms with Crippen LogP contribution in [0.5, 0.6) is 5.75 Å². The molecule has 0 fully saturated rings. The molecule has 1 unspecified atom stereocenters. The highest BCUT2D eigenvalue weighted by molar-refractivity contribution is 5.31. The normalized spacial score (nSPS) is 12.1. The van der Waals surface area contributed by atoms with Crippen LogP contribution in [0.2, 0.25) is 0 Å². The van der Waals surface area contributed by atoms with Crippen LogP contribution < -0.4 is 10.1 Å². The third kappa shape index (κ3) is 4.23. The van der Waals surface area contributed by atoms with Crippen LogP contribution in [0.1, 0.15) is 37.6 Å². The highest BCUT2D eigenvalue weighted by Gasteiger charge is 2.15. The monoisotopic (exact) mass is 289 g/mol. The van der Waals surface area contributed by atoms with Gasteiger partial charge in [-0.25, -0.2) is 4.39 Å². The summed E-state index contributed by atoms with van der Waals surface area (Å²) in [6, 6.07) is 4.91. The van der Waals surface area contributed by atoms with Gasteiger partial charge in [-0.2, -0.15) is 0 Å². The van der Waals surface area contributed by atoms with E-state index < -0.39 is 0 Å². The second-order valence-electron chi connectivity index (χ2n) is 4.69. The van der Waals surface area contributed by atoms with Crippen molar-refractivity contribution in [1.82, 2.24) is 15.3 Å². The first-order valence-electron chi connectivity index (χ1n) is 7.17. The Morgan fingerprint density at radius 3 is 2.76 bits per heavy atom. The summed E-state index contributed by atoms with van der Waals surface area (Å²) >= 11 is 0. The molecule has 0 saturated carbocycles. The van der Waals surface area contributed by atoms with Gasteiger partial charge in [-0.15, -0.1) is 0 Å². The molecule has 0 radical (unpaired) electrons. The molecule has 0 amide bonds. The first-order chi connectivity index (χ1) is 10.2. The molecule has 112 valence electrons. The van der Waals surface area contributed by atoms with Gasteiger partial charge in [-0.05, 0) is 36.7 Å². The minimum atomic E-state index is -0.341. The van der Waals surface area contributed by atoms with Crippen molar-refractivity contribution in [2.45, 2.75) is 26.3 Å². The fourth-order valence-electron chi connectivity index (χ4n) is 2.05. The molecule has 2 aromatic rings. The molecule has 4 nitrogen and oxygen atoms in total. The molecule has 2 rings (SSSR count). The van der Waals surface area contributed by atoms with Crippen LogP contribution >= 0.6 is 0 Å². The van der Waals surface area contributed by atoms with Gasteiger partial charge in [0.25, 0.3) is 0 Å². The van der Waals surface area contributed by atoms with E-state index in [2.05, 4.69) is 22.2 Å². The molecule has 1 atom stereocenters. The van der Waals surface area contributed by atoms with Crippen LogP contribution in [0.15, 0.2) is 36.8 Å². The van der Waals surface area contributed by atoms with Crippen molar-refractivity contribution in [3.05, 3.63) is 53.9 Å². The van der Waals surface area contributed by atoms with E-state index >= 15 is 0 Å². The Bertz CT molecular complexity index is 560. The number of hydrogen-bond donors (Lipinski definition) is 1. The molecule has 0 aliphatic rings. The lowest BCUT2D eigenvalue weighted by Gasteiger charge is -2.18. The molecular weight excluding hydrogens is 269 g/mol. The van der Waals surface area contributed by atoms with Crippen LogP contribution in [-0.4, -0.2) is 23.1 Å². The molecule has 0 bridgehead atoms. The van der Waals surface area contributed by atoms with E-state index in [1.54, 1.807) is 18.5 Å². The second kappa shape index (κ2) is 7.69. The first-order valence-corrected chi connectivity index (χ1v) is 7.17. The Labute approximate surface area is 124 Å². The molecule has 0 spiro atoms. The molecule has 0 aliphatic carbocycles. The van der Waals surface area contributed by atoms with Crippen molar-refractivity contribution in [2.24, 2.45) is 0 Å². The van der Waals surface area contributed by atoms with E-state index in [1.165, 1.54) is 12.3 Å². The molecule has 2 aromatic heterocycles. The number of hydrogen-bond acceptors (Lipinski definition) is 4. The van der Waals surface area contributed by atoms with E-state index in [9.17, 15) is 4.39 Å². The van der Waals surface area contributed by atoms with Crippen LogP contribution in [-0.2, 0) is 0 Å². The van der Waals surface area contributed by atoms with Gasteiger partial charge < -0.3 is 10.1 Å². The molecule has 0 aliphatic heterocycles. The van der Waals surface area contributed by atoms with Gasteiger partial charge in [0.05, 0.1) is 30.7 Å². The number of ether oxygens (including phenoxy) is 1. The zero-order valence-corrected chi connectivity index (χ0v) is 12.3. The smallest absolute Gasteiger partial charge is 0.141 e. The van der Waals surface area contributed by atoms with Gasteiger partial charge in [0.1, 0.15) is 11.6 Å². The third-order valence-corrected chi connectivity index (χ3v) is 2.99. The van der Waals surface area contributed by atoms with Crippen LogP contribution in [0.3, 0.4) is 0 Å². The van der Waals surface area contributed by atoms with Gasteiger partial charge >= 0.3 is 0 Å². The summed E-state index contributed by atoms with van der Waals surface area (Å²) in [5.41, 5.74) is 1.71. The maximum Gasteiger partial charge on any atom is 0.141 e. The summed E-state index contributed by atoms with van der Waals surface area (Å²) in [4.78, 5) is 8.38. The topological polar surface area (TPSA) is 47.0 Å². The molecule has 21 heavy (non-hydrogen) atoms. The Morgan fingerprint density at radius 1 is 1.24 bits per heavy atom. The minimum Gasteiger partial charge on any atom is -0.492 e. The molecule has 2 heterocycles. The maximum absolute atomic E-state index is 13.0. The Hall–Kier alpha value is -2.01. The van der Waals surface area contributed by atoms with Crippen LogP contribution in [0, 0.1) is 5.82 Å². The fourth-order valence-corrected chi connectivity index (χ4v) is 2.05. The summed E-state index contributed by atoms with van der Waals surface area (Å²) < 4.78 is 18.6. The van der Waals surface area contributed by atoms with E-state index in [0.29, 0.717) is 6.61 Å². The van der Waals surface area contributed by atoms with Gasteiger partial charge in [-0.3, -0.25) is 9.97 Å². The number of nitrogens with one attached hydrogen (secondary N) is 1. The second-order valence-corrected chi connectivity index (χ2v) is 4.69. The van der Waals surface area contributed by atoms with Crippen LogP contribution in [0.25, 0.3) is 0 Å². The molecule has 5 heteroatoms. The zero-order chi connectivity index (χ0) is 15.1. The van der Waals surface area contributed by atoms with Crippen molar-refractivity contribution in [1.29, 1.82) is 0 Å². The number of rotatable bonds is 7. The quantitative estimate of drug-likeness (QED) is 0.851. The molecule has 0 aromatic carbocycles. The third-order valence-electron chi connectivity index (χ3n) is 2.99. The average molecular weight is 289 g/mol. The molecule has 0 saturated heterocycles.